The number of hydrogen-bond donors (Lipinski definition) is 4. The Morgan fingerprint density at radius 1 is 1.37 bits per heavy atom. The summed E-state index contributed by atoms with van der Waals surface area (Å²) in [5.74, 6) is -4.70. The number of nitrogens with two attached hydrogens (primary N) is 1. The molecule has 1 aromatic rings. The van der Waals surface area contributed by atoms with Gasteiger partial charge in [-0.3, -0.25) is 9.59 Å². The van der Waals surface area contributed by atoms with Crippen LogP contribution < -0.4 is 11.1 Å². The average molecular weight is 270 g/mol. The number of amides is 2. The lowest BCUT2D eigenvalue weighted by atomic mass is 10.1. The molecule has 0 spiro atoms. The molecule has 1 atom stereocenters. The third kappa shape index (κ3) is 3.95. The van der Waals surface area contributed by atoms with E-state index in [0.717, 1.165) is 12.1 Å². The molecule has 0 bridgehead atoms. The molecule has 102 valence electrons. The number of primary amides is 1. The molecule has 5 N–H and O–H groups in total. The molecule has 19 heavy (non-hydrogen) atoms. The largest absolute Gasteiger partial charge is 0.507 e. The van der Waals surface area contributed by atoms with Crippen molar-refractivity contribution in [3.05, 3.63) is 29.6 Å². The Balaban J connectivity index is 2.87. The number of aromatic hydroxyl groups is 1. The zero-order valence-electron chi connectivity index (χ0n) is 9.59. The van der Waals surface area contributed by atoms with Crippen LogP contribution in [0.4, 0.5) is 4.39 Å². The van der Waals surface area contributed by atoms with Gasteiger partial charge in [-0.05, 0) is 12.1 Å². The normalized spacial score (nSPS) is 11.6. The fourth-order valence-corrected chi connectivity index (χ4v) is 1.33. The zero-order valence-corrected chi connectivity index (χ0v) is 9.59. The van der Waals surface area contributed by atoms with Gasteiger partial charge in [0.1, 0.15) is 17.6 Å². The summed E-state index contributed by atoms with van der Waals surface area (Å²) in [6, 6.07) is 1.11. The topological polar surface area (TPSA) is 130 Å². The number of phenolic OH excluding ortho intramolecular Hbond substituents is 1. The summed E-state index contributed by atoms with van der Waals surface area (Å²) in [4.78, 5) is 33.1. The highest BCUT2D eigenvalue weighted by atomic mass is 19.1. The first-order chi connectivity index (χ1) is 8.81. The number of carbonyl (C=O) groups excluding carboxylic acids is 2. The maximum Gasteiger partial charge on any atom is 0.326 e. The molecule has 0 aliphatic rings. The van der Waals surface area contributed by atoms with Gasteiger partial charge in [-0.15, -0.1) is 0 Å². The van der Waals surface area contributed by atoms with Gasteiger partial charge in [0.25, 0.3) is 5.91 Å². The van der Waals surface area contributed by atoms with Crippen LogP contribution in [0.5, 0.6) is 5.75 Å². The molecule has 0 aromatic heterocycles. The van der Waals surface area contributed by atoms with E-state index in [1.165, 1.54) is 0 Å². The van der Waals surface area contributed by atoms with Crippen LogP contribution in [0.25, 0.3) is 0 Å². The zero-order chi connectivity index (χ0) is 14.6. The Bertz CT molecular complexity index is 532. The van der Waals surface area contributed by atoms with Crippen molar-refractivity contribution in [3.63, 3.8) is 0 Å². The number of hydrogen-bond acceptors (Lipinski definition) is 4. The van der Waals surface area contributed by atoms with Gasteiger partial charge >= 0.3 is 5.97 Å². The van der Waals surface area contributed by atoms with E-state index in [0.29, 0.717) is 6.07 Å². The lowest BCUT2D eigenvalue weighted by Gasteiger charge is -2.13. The first-order valence-corrected chi connectivity index (χ1v) is 5.11. The fourth-order valence-electron chi connectivity index (χ4n) is 1.33. The number of halogens is 1. The molecule has 0 radical (unpaired) electrons. The van der Waals surface area contributed by atoms with Gasteiger partial charge < -0.3 is 21.3 Å². The summed E-state index contributed by atoms with van der Waals surface area (Å²) in [5, 5.41) is 20.1. The summed E-state index contributed by atoms with van der Waals surface area (Å²) in [6.07, 6.45) is -0.594. The number of carboxylic acid groups (broad SMARTS) is 1. The molecule has 1 unspecified atom stereocenters. The molecule has 1 rings (SSSR count). The molecule has 0 heterocycles. The number of carbonyl (C=O) groups is 3. The summed E-state index contributed by atoms with van der Waals surface area (Å²) in [7, 11) is 0. The predicted molar refractivity (Wildman–Crippen MR) is 60.8 cm³/mol. The molecule has 1 aromatic carbocycles. The molecule has 0 aliphatic heterocycles. The second-order valence-electron chi connectivity index (χ2n) is 3.70. The monoisotopic (exact) mass is 270 g/mol. The van der Waals surface area contributed by atoms with Crippen LogP contribution in [0.1, 0.15) is 16.8 Å². The molecule has 0 fully saturated rings. The van der Waals surface area contributed by atoms with Crippen LogP contribution in [0.15, 0.2) is 18.2 Å². The van der Waals surface area contributed by atoms with Crippen molar-refractivity contribution in [2.75, 3.05) is 0 Å². The van der Waals surface area contributed by atoms with Crippen LogP contribution in [0, 0.1) is 5.82 Å². The highest BCUT2D eigenvalue weighted by Crippen LogP contribution is 2.18. The predicted octanol–water partition coefficient (Wildman–Crippen LogP) is -0.410. The van der Waals surface area contributed by atoms with Crippen molar-refractivity contribution < 1.29 is 29.0 Å². The van der Waals surface area contributed by atoms with Crippen molar-refractivity contribution in [2.45, 2.75) is 12.5 Å². The molecule has 2 amide bonds. The standard InChI is InChI=1S/C11H11FN2O5/c12-5-1-2-6(8(15)3-5)10(17)14-7(11(18)19)4-9(13)16/h1-3,7,15H,4H2,(H2,13,16)(H,14,17)(H,18,19). The summed E-state index contributed by atoms with van der Waals surface area (Å²) < 4.78 is 12.7. The Kier molecular flexibility index (Phi) is 4.41. The Hall–Kier alpha value is -2.64. The van der Waals surface area contributed by atoms with E-state index in [1.54, 1.807) is 0 Å². The second kappa shape index (κ2) is 5.80. The molecular weight excluding hydrogens is 259 g/mol. The van der Waals surface area contributed by atoms with E-state index in [1.807, 2.05) is 5.32 Å². The first-order valence-electron chi connectivity index (χ1n) is 5.11. The summed E-state index contributed by atoms with van der Waals surface area (Å²) in [5.41, 5.74) is 4.53. The molecular formula is C11H11FN2O5. The molecule has 0 saturated carbocycles. The number of nitrogens with one attached hydrogen (secondary N) is 1. The van der Waals surface area contributed by atoms with Crippen LogP contribution in [0.3, 0.4) is 0 Å². The SMILES string of the molecule is NC(=O)CC(NC(=O)c1ccc(F)cc1O)C(=O)O. The average Bonchev–Trinajstić information content (AvgIpc) is 2.26. The minimum absolute atomic E-state index is 0.308. The molecule has 8 heteroatoms. The number of rotatable bonds is 5. The van der Waals surface area contributed by atoms with E-state index in [4.69, 9.17) is 10.8 Å². The first kappa shape index (κ1) is 14.4. The lowest BCUT2D eigenvalue weighted by molar-refractivity contribution is -0.140. The van der Waals surface area contributed by atoms with Gasteiger partial charge in [-0.1, -0.05) is 0 Å². The second-order valence-corrected chi connectivity index (χ2v) is 3.70. The van der Waals surface area contributed by atoms with Gasteiger partial charge in [0.15, 0.2) is 0 Å². The van der Waals surface area contributed by atoms with Crippen molar-refractivity contribution in [1.29, 1.82) is 0 Å². The fraction of sp³-hybridized carbons (Fsp3) is 0.182. The van der Waals surface area contributed by atoms with Gasteiger partial charge in [0.05, 0.1) is 12.0 Å². The van der Waals surface area contributed by atoms with E-state index >= 15 is 0 Å². The van der Waals surface area contributed by atoms with Gasteiger partial charge in [0, 0.05) is 6.07 Å². The number of phenols is 1. The lowest BCUT2D eigenvalue weighted by Crippen LogP contribution is -2.43. The van der Waals surface area contributed by atoms with Gasteiger partial charge in [0.2, 0.25) is 5.91 Å². The number of benzene rings is 1. The highest BCUT2D eigenvalue weighted by molar-refractivity contribution is 5.99. The maximum atomic E-state index is 12.7. The van der Waals surface area contributed by atoms with Crippen LogP contribution in [-0.2, 0) is 9.59 Å². The quantitative estimate of drug-likeness (QED) is 0.578. The molecule has 0 aliphatic carbocycles. The van der Waals surface area contributed by atoms with Crippen LogP contribution in [0.2, 0.25) is 0 Å². The van der Waals surface area contributed by atoms with Crippen molar-refractivity contribution in [1.82, 2.24) is 5.32 Å². The van der Waals surface area contributed by atoms with Crippen molar-refractivity contribution in [3.8, 4) is 5.75 Å². The number of carboxylic acids is 1. The Morgan fingerprint density at radius 3 is 2.47 bits per heavy atom. The van der Waals surface area contributed by atoms with Gasteiger partial charge in [-0.25, -0.2) is 9.18 Å². The van der Waals surface area contributed by atoms with Crippen LogP contribution in [-0.4, -0.2) is 34.0 Å². The minimum atomic E-state index is -1.52. The third-order valence-electron chi connectivity index (χ3n) is 2.21. The number of aliphatic carboxylic acids is 1. The van der Waals surface area contributed by atoms with E-state index < -0.39 is 41.8 Å². The van der Waals surface area contributed by atoms with Crippen LogP contribution >= 0.6 is 0 Å². The summed E-state index contributed by atoms with van der Waals surface area (Å²) in [6.45, 7) is 0. The Morgan fingerprint density at radius 2 is 2.00 bits per heavy atom. The molecule has 7 nitrogen and oxygen atoms in total. The molecule has 0 saturated heterocycles. The van der Waals surface area contributed by atoms with Gasteiger partial charge in [-0.2, -0.15) is 0 Å². The van der Waals surface area contributed by atoms with Crippen molar-refractivity contribution >= 4 is 17.8 Å². The minimum Gasteiger partial charge on any atom is -0.507 e. The third-order valence-corrected chi connectivity index (χ3v) is 2.21. The van der Waals surface area contributed by atoms with E-state index in [2.05, 4.69) is 0 Å². The van der Waals surface area contributed by atoms with Crippen molar-refractivity contribution in [2.24, 2.45) is 5.73 Å². The smallest absolute Gasteiger partial charge is 0.326 e. The van der Waals surface area contributed by atoms with E-state index in [-0.39, 0.29) is 5.56 Å². The Labute approximate surface area is 106 Å². The van der Waals surface area contributed by atoms with E-state index in [9.17, 15) is 23.9 Å². The highest BCUT2D eigenvalue weighted by Gasteiger charge is 2.23. The summed E-state index contributed by atoms with van der Waals surface area (Å²) >= 11 is 0. The maximum absolute atomic E-state index is 12.7.